The lowest BCUT2D eigenvalue weighted by atomic mass is 9.96. The van der Waals surface area contributed by atoms with E-state index in [0.717, 1.165) is 48.7 Å². The third kappa shape index (κ3) is 6.86. The van der Waals surface area contributed by atoms with E-state index < -0.39 is 0 Å². The van der Waals surface area contributed by atoms with Gasteiger partial charge in [-0.3, -0.25) is 4.79 Å². The molecule has 0 saturated carbocycles. The van der Waals surface area contributed by atoms with Crippen molar-refractivity contribution >= 4 is 42.5 Å². The molecule has 2 aromatic carbocycles. The van der Waals surface area contributed by atoms with E-state index in [1.165, 1.54) is 0 Å². The Balaban J connectivity index is 0.00000193. The first-order chi connectivity index (χ1) is 15.2. The van der Waals surface area contributed by atoms with E-state index in [4.69, 9.17) is 10.5 Å². The number of hydrogen-bond acceptors (Lipinski definition) is 6. The molecule has 0 spiro atoms. The van der Waals surface area contributed by atoms with Crippen LogP contribution in [0.2, 0.25) is 0 Å². The molecular weight excluding hydrogens is 477 g/mol. The number of rotatable bonds is 6. The Morgan fingerprint density at radius 2 is 1.73 bits per heavy atom. The van der Waals surface area contributed by atoms with Gasteiger partial charge in [-0.2, -0.15) is 10.5 Å². The van der Waals surface area contributed by atoms with Crippen molar-refractivity contribution in [3.63, 3.8) is 0 Å². The van der Waals surface area contributed by atoms with Crippen molar-refractivity contribution in [2.75, 3.05) is 24.7 Å². The highest BCUT2D eigenvalue weighted by Crippen LogP contribution is 2.23. The Morgan fingerprint density at radius 1 is 1.09 bits per heavy atom. The molecule has 2 aliphatic heterocycles. The van der Waals surface area contributed by atoms with Gasteiger partial charge in [0.15, 0.2) is 0 Å². The van der Waals surface area contributed by atoms with E-state index in [0.29, 0.717) is 11.1 Å². The second kappa shape index (κ2) is 12.8. The number of nitrogens with one attached hydrogen (secondary N) is 2. The topological polar surface area (TPSA) is 91.9 Å². The molecule has 2 N–H and O–H groups in total. The summed E-state index contributed by atoms with van der Waals surface area (Å²) in [5.74, 6) is 2.02. The molecule has 3 unspecified atom stereocenters. The van der Waals surface area contributed by atoms with Crippen LogP contribution in [0.3, 0.4) is 0 Å². The Hall–Kier alpha value is -2.26. The fourth-order valence-electron chi connectivity index (χ4n) is 4.16. The van der Waals surface area contributed by atoms with Crippen molar-refractivity contribution in [3.8, 4) is 12.1 Å². The summed E-state index contributed by atoms with van der Waals surface area (Å²) in [6.07, 6.45) is 1.52. The molecule has 3 atom stereocenters. The number of nitriles is 2. The predicted molar refractivity (Wildman–Crippen MR) is 136 cm³/mol. The molecule has 4 rings (SSSR count). The van der Waals surface area contributed by atoms with Gasteiger partial charge in [-0.25, -0.2) is 0 Å². The largest absolute Gasteiger partial charge is 0.331 e. The van der Waals surface area contributed by atoms with Gasteiger partial charge >= 0.3 is 0 Å². The lowest BCUT2D eigenvalue weighted by molar-refractivity contribution is -0.131. The smallest absolute Gasteiger partial charge is 0.240 e. The van der Waals surface area contributed by atoms with Crippen molar-refractivity contribution in [1.29, 1.82) is 10.5 Å². The van der Waals surface area contributed by atoms with E-state index in [-0.39, 0.29) is 48.8 Å². The minimum absolute atomic E-state index is 0. The van der Waals surface area contributed by atoms with E-state index in [9.17, 15) is 4.79 Å². The van der Waals surface area contributed by atoms with Gasteiger partial charge < -0.3 is 15.5 Å². The molecule has 0 aliphatic carbocycles. The fraction of sp³-hybridized carbons (Fsp3) is 0.375. The van der Waals surface area contributed by atoms with Gasteiger partial charge in [-0.05, 0) is 48.2 Å². The molecule has 2 saturated heterocycles. The van der Waals surface area contributed by atoms with Crippen LogP contribution in [0, 0.1) is 22.7 Å². The molecule has 9 heteroatoms. The molecule has 0 aromatic heterocycles. The Morgan fingerprint density at radius 3 is 2.30 bits per heavy atom. The molecule has 6 nitrogen and oxygen atoms in total. The van der Waals surface area contributed by atoms with Crippen LogP contribution in [0.25, 0.3) is 0 Å². The van der Waals surface area contributed by atoms with E-state index in [1.807, 2.05) is 53.4 Å². The highest BCUT2D eigenvalue weighted by Gasteiger charge is 2.34. The summed E-state index contributed by atoms with van der Waals surface area (Å²) >= 11 is 1.80. The quantitative estimate of drug-likeness (QED) is 0.627. The predicted octanol–water partition coefficient (Wildman–Crippen LogP) is 3.41. The van der Waals surface area contributed by atoms with Crippen LogP contribution in [-0.4, -0.2) is 47.6 Å². The summed E-state index contributed by atoms with van der Waals surface area (Å²) in [5.41, 5.74) is 3.52. The van der Waals surface area contributed by atoms with Gasteiger partial charge in [0.1, 0.15) is 0 Å². The standard InChI is InChI=1S/C24H25N5OS.2ClH/c25-13-18-3-1-17(2-4-18)11-22(20-7-5-19(14-26)6-8-20)28-21-12-23(27-15-21)24(30)29-9-10-31-16-29;;/h1-8,21-23,27-28H,9-12,15-16H2;2*1H. The maximum Gasteiger partial charge on any atom is 0.240 e. The third-order valence-corrected chi connectivity index (χ3v) is 6.86. The second-order valence-electron chi connectivity index (χ2n) is 8.00. The summed E-state index contributed by atoms with van der Waals surface area (Å²) in [6.45, 7) is 1.59. The monoisotopic (exact) mass is 503 g/mol. The number of carbonyl (C=O) groups excluding carboxylic acids is 1. The van der Waals surface area contributed by atoms with E-state index >= 15 is 0 Å². The highest BCUT2D eigenvalue weighted by molar-refractivity contribution is 7.99. The minimum atomic E-state index is -0.132. The van der Waals surface area contributed by atoms with Crippen LogP contribution in [0.5, 0.6) is 0 Å². The zero-order valence-electron chi connectivity index (χ0n) is 18.1. The summed E-state index contributed by atoms with van der Waals surface area (Å²) in [5, 5.41) is 25.3. The van der Waals surface area contributed by atoms with Crippen LogP contribution in [0.15, 0.2) is 48.5 Å². The number of thioether (sulfide) groups is 1. The number of hydrogen-bond donors (Lipinski definition) is 2. The Labute approximate surface area is 211 Å². The van der Waals surface area contributed by atoms with Crippen LogP contribution in [0.1, 0.15) is 34.7 Å². The Bertz CT molecular complexity index is 998. The molecular formula is C24H27Cl2N5OS. The lowest BCUT2D eigenvalue weighted by Crippen LogP contribution is -2.42. The van der Waals surface area contributed by atoms with E-state index in [2.05, 4.69) is 22.8 Å². The number of benzene rings is 2. The maximum absolute atomic E-state index is 12.7. The van der Waals surface area contributed by atoms with Crippen LogP contribution in [0.4, 0.5) is 0 Å². The molecule has 174 valence electrons. The molecule has 2 heterocycles. The van der Waals surface area contributed by atoms with Crippen molar-refractivity contribution in [3.05, 3.63) is 70.8 Å². The highest BCUT2D eigenvalue weighted by atomic mass is 35.5. The maximum atomic E-state index is 12.7. The van der Waals surface area contributed by atoms with Crippen molar-refractivity contribution in [1.82, 2.24) is 15.5 Å². The Kier molecular flexibility index (Phi) is 10.5. The summed E-state index contributed by atoms with van der Waals surface area (Å²) in [6, 6.07) is 19.7. The third-order valence-electron chi connectivity index (χ3n) is 5.90. The fourth-order valence-corrected chi connectivity index (χ4v) is 5.11. The summed E-state index contributed by atoms with van der Waals surface area (Å²) < 4.78 is 0. The van der Waals surface area contributed by atoms with Crippen LogP contribution >= 0.6 is 36.6 Å². The summed E-state index contributed by atoms with van der Waals surface area (Å²) in [4.78, 5) is 14.7. The molecule has 2 fully saturated rings. The van der Waals surface area contributed by atoms with Crippen molar-refractivity contribution in [2.45, 2.75) is 31.0 Å². The first-order valence-electron chi connectivity index (χ1n) is 10.5. The molecule has 1 amide bonds. The van der Waals surface area contributed by atoms with Gasteiger partial charge in [-0.1, -0.05) is 24.3 Å². The van der Waals surface area contributed by atoms with Crippen LogP contribution < -0.4 is 10.6 Å². The van der Waals surface area contributed by atoms with Gasteiger partial charge in [0.25, 0.3) is 0 Å². The normalized spacial score (nSPS) is 20.1. The number of amides is 1. The van der Waals surface area contributed by atoms with Gasteiger partial charge in [-0.15, -0.1) is 36.6 Å². The first-order valence-corrected chi connectivity index (χ1v) is 11.7. The number of nitrogens with zero attached hydrogens (tertiary/aromatic N) is 3. The minimum Gasteiger partial charge on any atom is -0.331 e. The second-order valence-corrected chi connectivity index (χ2v) is 9.07. The van der Waals surface area contributed by atoms with Crippen molar-refractivity contribution < 1.29 is 4.79 Å². The molecule has 0 bridgehead atoms. The van der Waals surface area contributed by atoms with E-state index in [1.54, 1.807) is 11.8 Å². The van der Waals surface area contributed by atoms with Gasteiger partial charge in [0.2, 0.25) is 5.91 Å². The lowest BCUT2D eigenvalue weighted by Gasteiger charge is -2.24. The molecule has 0 radical (unpaired) electrons. The van der Waals surface area contributed by atoms with Gasteiger partial charge in [0.05, 0.1) is 35.2 Å². The van der Waals surface area contributed by atoms with Gasteiger partial charge in [0, 0.05) is 30.9 Å². The molecule has 2 aliphatic rings. The molecule has 33 heavy (non-hydrogen) atoms. The average Bonchev–Trinajstić information content (AvgIpc) is 3.51. The number of halogens is 2. The first kappa shape index (κ1) is 27.0. The number of carbonyl (C=O) groups is 1. The zero-order chi connectivity index (χ0) is 21.6. The average molecular weight is 504 g/mol. The van der Waals surface area contributed by atoms with Crippen LogP contribution in [-0.2, 0) is 11.2 Å². The van der Waals surface area contributed by atoms with Crippen molar-refractivity contribution in [2.24, 2.45) is 0 Å². The zero-order valence-corrected chi connectivity index (χ0v) is 20.5. The molecule has 2 aromatic rings. The SMILES string of the molecule is Cl.Cl.N#Cc1ccc(CC(NC2CNC(C(=O)N3CCSC3)C2)c2ccc(C#N)cc2)cc1. The summed E-state index contributed by atoms with van der Waals surface area (Å²) in [7, 11) is 0.